The Kier molecular flexibility index (Phi) is 4.25. The van der Waals surface area contributed by atoms with Gasteiger partial charge < -0.3 is 15.1 Å². The lowest BCUT2D eigenvalue weighted by Crippen LogP contribution is -2.37. The average Bonchev–Trinajstić information content (AvgIpc) is 3.24. The molecule has 2 amide bonds. The third kappa shape index (κ3) is 3.37. The van der Waals surface area contributed by atoms with Crippen LogP contribution in [0.25, 0.3) is 0 Å². The molecule has 2 aliphatic heterocycles. The molecule has 0 spiro atoms. The third-order valence-electron chi connectivity index (χ3n) is 5.87. The molecule has 1 N–H and O–H groups in total. The van der Waals surface area contributed by atoms with E-state index in [-0.39, 0.29) is 6.03 Å². The number of hydrogen-bond donors (Lipinski definition) is 1. The Morgan fingerprint density at radius 1 is 1.00 bits per heavy atom. The molecule has 3 fully saturated rings. The van der Waals surface area contributed by atoms with Crippen molar-refractivity contribution in [3.05, 3.63) is 30.3 Å². The largest absolute Gasteiger partial charge is 0.324 e. The molecule has 4 nitrogen and oxygen atoms in total. The molecule has 1 aromatic rings. The highest BCUT2D eigenvalue weighted by Gasteiger charge is 2.41. The van der Waals surface area contributed by atoms with Crippen molar-refractivity contribution in [2.75, 3.05) is 38.0 Å². The molecule has 0 radical (unpaired) electrons. The van der Waals surface area contributed by atoms with E-state index in [1.54, 1.807) is 0 Å². The number of rotatable bonds is 3. The molecular formula is C19H27N3O. The summed E-state index contributed by atoms with van der Waals surface area (Å²) in [7, 11) is 0. The van der Waals surface area contributed by atoms with Gasteiger partial charge in [-0.05, 0) is 42.7 Å². The van der Waals surface area contributed by atoms with Gasteiger partial charge >= 0.3 is 6.03 Å². The van der Waals surface area contributed by atoms with Crippen LogP contribution in [0.4, 0.5) is 10.5 Å². The first-order valence-electron chi connectivity index (χ1n) is 9.11. The van der Waals surface area contributed by atoms with Crippen molar-refractivity contribution in [2.24, 2.45) is 17.8 Å². The zero-order valence-electron chi connectivity index (χ0n) is 13.8. The SMILES string of the molecule is O=C(Nc1ccccc1)N1CC2CN(CC3CCCC3)CC2C1. The van der Waals surface area contributed by atoms with E-state index in [1.807, 2.05) is 35.2 Å². The molecule has 2 unspecified atom stereocenters. The number of carbonyl (C=O) groups is 1. The van der Waals surface area contributed by atoms with Gasteiger partial charge in [0.15, 0.2) is 0 Å². The van der Waals surface area contributed by atoms with Crippen molar-refractivity contribution in [3.63, 3.8) is 0 Å². The zero-order chi connectivity index (χ0) is 15.6. The van der Waals surface area contributed by atoms with Crippen LogP contribution < -0.4 is 5.32 Å². The van der Waals surface area contributed by atoms with E-state index in [0.29, 0.717) is 11.8 Å². The highest BCUT2D eigenvalue weighted by molar-refractivity contribution is 5.89. The number of benzene rings is 1. The van der Waals surface area contributed by atoms with Crippen LogP contribution in [0.3, 0.4) is 0 Å². The van der Waals surface area contributed by atoms with Crippen molar-refractivity contribution in [1.82, 2.24) is 9.80 Å². The number of hydrogen-bond acceptors (Lipinski definition) is 2. The molecule has 2 heterocycles. The molecular weight excluding hydrogens is 286 g/mol. The number of nitrogens with one attached hydrogen (secondary N) is 1. The van der Waals surface area contributed by atoms with Gasteiger partial charge in [0.1, 0.15) is 0 Å². The predicted octanol–water partition coefficient (Wildman–Crippen LogP) is 3.27. The minimum atomic E-state index is 0.0629. The normalized spacial score (nSPS) is 28.3. The molecule has 124 valence electrons. The summed E-state index contributed by atoms with van der Waals surface area (Å²) in [5, 5.41) is 3.02. The van der Waals surface area contributed by atoms with Crippen molar-refractivity contribution >= 4 is 11.7 Å². The van der Waals surface area contributed by atoms with Crippen LogP contribution in [-0.4, -0.2) is 48.6 Å². The van der Waals surface area contributed by atoms with Gasteiger partial charge in [-0.1, -0.05) is 31.0 Å². The van der Waals surface area contributed by atoms with Gasteiger partial charge in [-0.2, -0.15) is 0 Å². The maximum atomic E-state index is 12.4. The molecule has 0 bridgehead atoms. The van der Waals surface area contributed by atoms with Crippen LogP contribution in [0, 0.1) is 17.8 Å². The summed E-state index contributed by atoms with van der Waals surface area (Å²) in [4.78, 5) is 17.1. The van der Waals surface area contributed by atoms with Gasteiger partial charge in [-0.25, -0.2) is 4.79 Å². The van der Waals surface area contributed by atoms with Crippen molar-refractivity contribution < 1.29 is 4.79 Å². The van der Waals surface area contributed by atoms with Gasteiger partial charge in [0, 0.05) is 38.4 Å². The number of carbonyl (C=O) groups excluding carboxylic acids is 1. The molecule has 4 heteroatoms. The first-order valence-corrected chi connectivity index (χ1v) is 9.11. The minimum absolute atomic E-state index is 0.0629. The summed E-state index contributed by atoms with van der Waals surface area (Å²) >= 11 is 0. The second-order valence-corrected chi connectivity index (χ2v) is 7.59. The van der Waals surface area contributed by atoms with Crippen LogP contribution >= 0.6 is 0 Å². The minimum Gasteiger partial charge on any atom is -0.324 e. The highest BCUT2D eigenvalue weighted by atomic mass is 16.2. The first-order chi connectivity index (χ1) is 11.3. The fourth-order valence-corrected chi connectivity index (χ4v) is 4.69. The summed E-state index contributed by atoms with van der Waals surface area (Å²) in [6, 6.07) is 9.82. The first kappa shape index (κ1) is 15.0. The third-order valence-corrected chi connectivity index (χ3v) is 5.87. The molecule has 1 aliphatic carbocycles. The molecule has 0 aromatic heterocycles. The van der Waals surface area contributed by atoms with E-state index in [4.69, 9.17) is 0 Å². The van der Waals surface area contributed by atoms with E-state index in [9.17, 15) is 4.79 Å². The second kappa shape index (κ2) is 6.52. The Morgan fingerprint density at radius 2 is 1.65 bits per heavy atom. The van der Waals surface area contributed by atoms with Crippen LogP contribution in [0.15, 0.2) is 30.3 Å². The summed E-state index contributed by atoms with van der Waals surface area (Å²) in [6.45, 7) is 5.52. The molecule has 1 aromatic carbocycles. The molecule has 3 aliphatic rings. The second-order valence-electron chi connectivity index (χ2n) is 7.59. The maximum absolute atomic E-state index is 12.4. The average molecular weight is 313 g/mol. The van der Waals surface area contributed by atoms with Gasteiger partial charge in [-0.15, -0.1) is 0 Å². The Hall–Kier alpha value is -1.55. The topological polar surface area (TPSA) is 35.6 Å². The van der Waals surface area contributed by atoms with Crippen LogP contribution in [0.1, 0.15) is 25.7 Å². The lowest BCUT2D eigenvalue weighted by atomic mass is 10.0. The number of urea groups is 1. The van der Waals surface area contributed by atoms with Crippen molar-refractivity contribution in [2.45, 2.75) is 25.7 Å². The van der Waals surface area contributed by atoms with E-state index in [1.165, 1.54) is 45.3 Å². The van der Waals surface area contributed by atoms with E-state index < -0.39 is 0 Å². The quantitative estimate of drug-likeness (QED) is 0.929. The molecule has 23 heavy (non-hydrogen) atoms. The van der Waals surface area contributed by atoms with Gasteiger partial charge in [0.05, 0.1) is 0 Å². The molecule has 2 saturated heterocycles. The monoisotopic (exact) mass is 313 g/mol. The van der Waals surface area contributed by atoms with Crippen molar-refractivity contribution in [1.29, 1.82) is 0 Å². The molecule has 4 rings (SSSR count). The number of anilines is 1. The van der Waals surface area contributed by atoms with Crippen LogP contribution in [-0.2, 0) is 0 Å². The van der Waals surface area contributed by atoms with Gasteiger partial charge in [0.2, 0.25) is 0 Å². The van der Waals surface area contributed by atoms with Crippen LogP contribution in [0.2, 0.25) is 0 Å². The number of amides is 2. The van der Waals surface area contributed by atoms with E-state index in [2.05, 4.69) is 10.2 Å². The number of nitrogens with zero attached hydrogens (tertiary/aromatic N) is 2. The predicted molar refractivity (Wildman–Crippen MR) is 92.4 cm³/mol. The Morgan fingerprint density at radius 3 is 2.30 bits per heavy atom. The Bertz CT molecular complexity index is 527. The Balaban J connectivity index is 1.27. The summed E-state index contributed by atoms with van der Waals surface area (Å²) in [5.74, 6) is 2.29. The van der Waals surface area contributed by atoms with Gasteiger partial charge in [-0.3, -0.25) is 0 Å². The maximum Gasteiger partial charge on any atom is 0.321 e. The van der Waals surface area contributed by atoms with E-state index >= 15 is 0 Å². The molecule has 1 saturated carbocycles. The van der Waals surface area contributed by atoms with Crippen LogP contribution in [0.5, 0.6) is 0 Å². The van der Waals surface area contributed by atoms with Gasteiger partial charge in [0.25, 0.3) is 0 Å². The summed E-state index contributed by atoms with van der Waals surface area (Å²) in [5.41, 5.74) is 0.886. The summed E-state index contributed by atoms with van der Waals surface area (Å²) in [6.07, 6.45) is 5.71. The lowest BCUT2D eigenvalue weighted by molar-refractivity contribution is 0.208. The molecule has 2 atom stereocenters. The standard InChI is InChI=1S/C19H27N3O/c23-19(20-18-8-2-1-3-9-18)22-13-16-11-21(12-17(16)14-22)10-15-6-4-5-7-15/h1-3,8-9,15-17H,4-7,10-14H2,(H,20,23). The Labute approximate surface area is 138 Å². The zero-order valence-corrected chi connectivity index (χ0v) is 13.8. The number of likely N-dealkylation sites (tertiary alicyclic amines) is 2. The summed E-state index contributed by atoms with van der Waals surface area (Å²) < 4.78 is 0. The van der Waals surface area contributed by atoms with Crippen molar-refractivity contribution in [3.8, 4) is 0 Å². The smallest absolute Gasteiger partial charge is 0.321 e. The van der Waals surface area contributed by atoms with E-state index in [0.717, 1.165) is 24.7 Å². The number of para-hydroxylation sites is 1. The number of fused-ring (bicyclic) bond motifs is 1. The fraction of sp³-hybridized carbons (Fsp3) is 0.632. The fourth-order valence-electron chi connectivity index (χ4n) is 4.69. The lowest BCUT2D eigenvalue weighted by Gasteiger charge is -2.24. The highest BCUT2D eigenvalue weighted by Crippen LogP contribution is 2.34.